The summed E-state index contributed by atoms with van der Waals surface area (Å²) in [6.45, 7) is 5.55. The molecule has 0 aromatic heterocycles. The fourth-order valence-electron chi connectivity index (χ4n) is 5.61. The van der Waals surface area contributed by atoms with E-state index in [9.17, 15) is 9.59 Å². The van der Waals surface area contributed by atoms with Gasteiger partial charge in [-0.3, -0.25) is 15.0 Å². The minimum absolute atomic E-state index is 0.106. The van der Waals surface area contributed by atoms with E-state index in [1.807, 2.05) is 0 Å². The summed E-state index contributed by atoms with van der Waals surface area (Å²) in [5.41, 5.74) is 5.68. The summed E-state index contributed by atoms with van der Waals surface area (Å²) in [6.07, 6.45) is 34.1. The van der Waals surface area contributed by atoms with Gasteiger partial charge in [-0.15, -0.1) is 0 Å². The molecule has 0 amide bonds. The lowest BCUT2D eigenvalue weighted by atomic mass is 10.0. The van der Waals surface area contributed by atoms with Crippen LogP contribution in [0.5, 0.6) is 0 Å². The molecule has 0 aromatic rings. The van der Waals surface area contributed by atoms with Crippen LogP contribution in [0.1, 0.15) is 194 Å². The van der Waals surface area contributed by atoms with Gasteiger partial charge in [0.25, 0.3) is 0 Å². The highest BCUT2D eigenvalue weighted by molar-refractivity contribution is 5.74. The van der Waals surface area contributed by atoms with Crippen LogP contribution in [0.4, 0.5) is 0 Å². The molecule has 260 valence electrons. The van der Waals surface area contributed by atoms with Gasteiger partial charge in [-0.05, 0) is 12.8 Å². The molecule has 3 N–H and O–H groups in total. The summed E-state index contributed by atoms with van der Waals surface area (Å²) >= 11 is 0. The van der Waals surface area contributed by atoms with E-state index in [4.69, 9.17) is 20.6 Å². The van der Waals surface area contributed by atoms with Crippen LogP contribution in [0.15, 0.2) is 0 Å². The van der Waals surface area contributed by atoms with E-state index in [0.29, 0.717) is 25.9 Å². The van der Waals surface area contributed by atoms with Crippen molar-refractivity contribution < 1.29 is 19.1 Å². The van der Waals surface area contributed by atoms with Gasteiger partial charge in [-0.1, -0.05) is 168 Å². The standard InChI is InChI=1S/C37H73N3O4/c1-3-5-7-9-11-13-15-17-19-21-23-25-27-29-35(41)43-33-31-40(37(38)39)32-34-44-36(42)30-28-26-24-22-20-18-16-14-12-10-8-6-4-2/h3-34H2,1-2H3,(H3,38,39). The normalized spacial score (nSPS) is 11.0. The number of guanidine groups is 1. The lowest BCUT2D eigenvalue weighted by Gasteiger charge is -2.22. The number of rotatable bonds is 34. The molecule has 0 unspecified atom stereocenters. The number of carbonyl (C=O) groups is 2. The van der Waals surface area contributed by atoms with Crippen molar-refractivity contribution in [1.82, 2.24) is 4.90 Å². The van der Waals surface area contributed by atoms with Crippen LogP contribution < -0.4 is 5.73 Å². The quantitative estimate of drug-likeness (QED) is 0.0320. The van der Waals surface area contributed by atoms with Crippen LogP contribution in [0.2, 0.25) is 0 Å². The molecule has 0 aliphatic rings. The van der Waals surface area contributed by atoms with E-state index in [0.717, 1.165) is 25.7 Å². The van der Waals surface area contributed by atoms with Gasteiger partial charge in [0.2, 0.25) is 0 Å². The van der Waals surface area contributed by atoms with Gasteiger partial charge in [-0.25, -0.2) is 0 Å². The Hall–Kier alpha value is -1.79. The predicted octanol–water partition coefficient (Wildman–Crippen LogP) is 10.2. The minimum atomic E-state index is -0.194. The molecule has 0 bridgehead atoms. The fraction of sp³-hybridized carbons (Fsp3) is 0.919. The summed E-state index contributed by atoms with van der Waals surface area (Å²) in [7, 11) is 0. The molecule has 0 atom stereocenters. The van der Waals surface area contributed by atoms with Crippen molar-refractivity contribution in [3.05, 3.63) is 0 Å². The van der Waals surface area contributed by atoms with E-state index >= 15 is 0 Å². The second kappa shape index (κ2) is 34.1. The first-order valence-corrected chi connectivity index (χ1v) is 18.9. The van der Waals surface area contributed by atoms with Crippen molar-refractivity contribution in [1.29, 1.82) is 5.41 Å². The number of unbranched alkanes of at least 4 members (excludes halogenated alkanes) is 24. The molecule has 0 aliphatic carbocycles. The molecule has 0 rings (SSSR count). The van der Waals surface area contributed by atoms with Crippen molar-refractivity contribution in [2.45, 2.75) is 194 Å². The van der Waals surface area contributed by atoms with Crippen LogP contribution in [0.3, 0.4) is 0 Å². The predicted molar refractivity (Wildman–Crippen MR) is 186 cm³/mol. The van der Waals surface area contributed by atoms with Crippen LogP contribution in [-0.4, -0.2) is 49.1 Å². The monoisotopic (exact) mass is 624 g/mol. The molecular weight excluding hydrogens is 550 g/mol. The van der Waals surface area contributed by atoms with Crippen LogP contribution in [0.25, 0.3) is 0 Å². The molecule has 0 spiro atoms. The van der Waals surface area contributed by atoms with Gasteiger partial charge in [0.15, 0.2) is 5.96 Å². The zero-order chi connectivity index (χ0) is 32.4. The molecular formula is C37H73N3O4. The lowest BCUT2D eigenvalue weighted by molar-refractivity contribution is -0.144. The number of ether oxygens (including phenoxy) is 2. The molecule has 0 aromatic carbocycles. The third-order valence-corrected chi connectivity index (χ3v) is 8.56. The maximum atomic E-state index is 12.1. The van der Waals surface area contributed by atoms with Gasteiger partial charge < -0.3 is 20.1 Å². The number of carbonyl (C=O) groups excluding carboxylic acids is 2. The van der Waals surface area contributed by atoms with Crippen molar-refractivity contribution in [2.24, 2.45) is 5.73 Å². The largest absolute Gasteiger partial charge is 0.464 e. The SMILES string of the molecule is CCCCCCCCCCCCCCCC(=O)OCCN(CCOC(=O)CCCCCCCCCCCCCCC)C(=N)N. The molecule has 0 heterocycles. The van der Waals surface area contributed by atoms with Crippen molar-refractivity contribution in [3.63, 3.8) is 0 Å². The Morgan fingerprint density at radius 2 is 0.727 bits per heavy atom. The van der Waals surface area contributed by atoms with E-state index < -0.39 is 0 Å². The Bertz CT molecular complexity index is 611. The van der Waals surface area contributed by atoms with Gasteiger partial charge in [-0.2, -0.15) is 0 Å². The summed E-state index contributed by atoms with van der Waals surface area (Å²) in [5.74, 6) is -0.494. The molecule has 7 heteroatoms. The van der Waals surface area contributed by atoms with Crippen LogP contribution >= 0.6 is 0 Å². The van der Waals surface area contributed by atoms with Gasteiger partial charge in [0, 0.05) is 12.8 Å². The average molecular weight is 624 g/mol. The Balaban J connectivity index is 3.61. The smallest absolute Gasteiger partial charge is 0.305 e. The molecule has 44 heavy (non-hydrogen) atoms. The van der Waals surface area contributed by atoms with Gasteiger partial charge >= 0.3 is 11.9 Å². The molecule has 0 fully saturated rings. The highest BCUT2D eigenvalue weighted by atomic mass is 16.5. The number of hydrogen-bond acceptors (Lipinski definition) is 5. The van der Waals surface area contributed by atoms with Crippen molar-refractivity contribution in [2.75, 3.05) is 26.3 Å². The third-order valence-electron chi connectivity index (χ3n) is 8.56. The van der Waals surface area contributed by atoms with Crippen molar-refractivity contribution in [3.8, 4) is 0 Å². The highest BCUT2D eigenvalue weighted by Crippen LogP contribution is 2.14. The first kappa shape index (κ1) is 42.2. The number of nitrogens with two attached hydrogens (primary N) is 1. The van der Waals surface area contributed by atoms with Crippen LogP contribution in [-0.2, 0) is 19.1 Å². The number of nitrogens with one attached hydrogen (secondary N) is 1. The molecule has 0 radical (unpaired) electrons. The Kier molecular flexibility index (Phi) is 32.7. The maximum absolute atomic E-state index is 12.1. The first-order valence-electron chi connectivity index (χ1n) is 18.9. The summed E-state index contributed by atoms with van der Waals surface area (Å²) < 4.78 is 10.7. The Morgan fingerprint density at radius 1 is 0.477 bits per heavy atom. The Morgan fingerprint density at radius 3 is 0.977 bits per heavy atom. The number of hydrogen-bond donors (Lipinski definition) is 2. The maximum Gasteiger partial charge on any atom is 0.305 e. The summed E-state index contributed by atoms with van der Waals surface area (Å²) in [6, 6.07) is 0. The summed E-state index contributed by atoms with van der Waals surface area (Å²) in [5, 5.41) is 7.77. The minimum Gasteiger partial charge on any atom is -0.464 e. The topological polar surface area (TPSA) is 106 Å². The second-order valence-electron chi connectivity index (χ2n) is 12.8. The number of esters is 2. The zero-order valence-electron chi connectivity index (χ0n) is 29.3. The zero-order valence-corrected chi connectivity index (χ0v) is 29.3. The van der Waals surface area contributed by atoms with E-state index in [2.05, 4.69) is 13.8 Å². The lowest BCUT2D eigenvalue weighted by Crippen LogP contribution is -2.41. The van der Waals surface area contributed by atoms with E-state index in [1.165, 1.54) is 141 Å². The summed E-state index contributed by atoms with van der Waals surface area (Å²) in [4.78, 5) is 25.7. The second-order valence-corrected chi connectivity index (χ2v) is 12.8. The fourth-order valence-corrected chi connectivity index (χ4v) is 5.61. The average Bonchev–Trinajstić information content (AvgIpc) is 3.00. The molecule has 0 saturated heterocycles. The van der Waals surface area contributed by atoms with E-state index in [-0.39, 0.29) is 31.1 Å². The van der Waals surface area contributed by atoms with E-state index in [1.54, 1.807) is 4.90 Å². The van der Waals surface area contributed by atoms with Crippen LogP contribution in [0, 0.1) is 5.41 Å². The number of nitrogens with zero attached hydrogens (tertiary/aromatic N) is 1. The van der Waals surface area contributed by atoms with Gasteiger partial charge in [0.1, 0.15) is 13.2 Å². The molecule has 0 saturated carbocycles. The highest BCUT2D eigenvalue weighted by Gasteiger charge is 2.10. The van der Waals surface area contributed by atoms with Gasteiger partial charge in [0.05, 0.1) is 13.1 Å². The molecule has 7 nitrogen and oxygen atoms in total. The third kappa shape index (κ3) is 31.6. The van der Waals surface area contributed by atoms with Crippen molar-refractivity contribution >= 4 is 17.9 Å². The first-order chi connectivity index (χ1) is 21.5. The molecule has 0 aliphatic heterocycles. The Labute approximate surface area is 272 Å².